The van der Waals surface area contributed by atoms with E-state index in [-0.39, 0.29) is 12.6 Å². The minimum atomic E-state index is -4.41. The first-order valence-electron chi connectivity index (χ1n) is 10.9. The number of rotatable bonds is 6. The molecule has 0 radical (unpaired) electrons. The lowest BCUT2D eigenvalue weighted by Crippen LogP contribution is -2.37. The number of anilines is 1. The number of piperidine rings is 1. The molecular formula is C24H28F3N3O2. The maximum atomic E-state index is 13.4. The lowest BCUT2D eigenvalue weighted by atomic mass is 9.97. The maximum Gasteiger partial charge on any atom is 0.412 e. The Hall–Kier alpha value is -2.74. The summed E-state index contributed by atoms with van der Waals surface area (Å²) in [5.74, 6) is 0.866. The molecule has 2 aliphatic rings. The summed E-state index contributed by atoms with van der Waals surface area (Å²) in [6.45, 7) is 2.88. The molecule has 0 bridgehead atoms. The van der Waals surface area contributed by atoms with Gasteiger partial charge >= 0.3 is 6.18 Å². The molecular weight excluding hydrogens is 419 g/mol. The molecule has 0 saturated carbocycles. The highest BCUT2D eigenvalue weighted by Crippen LogP contribution is 2.32. The summed E-state index contributed by atoms with van der Waals surface area (Å²) in [6.07, 6.45) is -2.52. The molecule has 2 heterocycles. The molecule has 2 aromatic carbocycles. The number of halogens is 3. The summed E-state index contributed by atoms with van der Waals surface area (Å²) >= 11 is 0. The predicted molar refractivity (Wildman–Crippen MR) is 118 cm³/mol. The van der Waals surface area contributed by atoms with Crippen LogP contribution in [-0.4, -0.2) is 56.5 Å². The number of benzene rings is 2. The molecule has 0 spiro atoms. The number of methoxy groups -OCH3 is 1. The quantitative estimate of drug-likeness (QED) is 0.642. The van der Waals surface area contributed by atoms with Crippen molar-refractivity contribution in [3.8, 4) is 5.75 Å². The van der Waals surface area contributed by atoms with Gasteiger partial charge in [0.05, 0.1) is 20.3 Å². The van der Waals surface area contributed by atoms with E-state index < -0.39 is 12.2 Å². The summed E-state index contributed by atoms with van der Waals surface area (Å²) < 4.78 is 51.2. The molecule has 1 unspecified atom stereocenters. The van der Waals surface area contributed by atoms with E-state index in [0.717, 1.165) is 32.5 Å². The normalized spacial score (nSPS) is 20.3. The van der Waals surface area contributed by atoms with Gasteiger partial charge in [0, 0.05) is 18.3 Å². The molecule has 2 aliphatic heterocycles. The molecule has 1 atom stereocenters. The Bertz CT molecular complexity index is 912. The summed E-state index contributed by atoms with van der Waals surface area (Å²) in [7, 11) is 1.53. The standard InChI is InChI=1S/C24H28F3N3O2/c1-31-21-9-5-8-20(14-21)30-16-22(24(25,26)27)28-23(30)32-17-19-10-12-29(13-11-19)15-18-6-3-2-4-7-18/h2-9,14,19,22H,10-13,15-17H2,1H3. The Kier molecular flexibility index (Phi) is 6.89. The highest BCUT2D eigenvalue weighted by Gasteiger charge is 2.46. The van der Waals surface area contributed by atoms with Gasteiger partial charge in [0.25, 0.3) is 6.02 Å². The van der Waals surface area contributed by atoms with Gasteiger partial charge < -0.3 is 9.47 Å². The Morgan fingerprint density at radius 2 is 1.78 bits per heavy atom. The zero-order valence-corrected chi connectivity index (χ0v) is 18.1. The first kappa shape index (κ1) is 22.5. The van der Waals surface area contributed by atoms with Crippen molar-refractivity contribution in [2.75, 3.05) is 38.3 Å². The average molecular weight is 448 g/mol. The Labute approximate surface area is 186 Å². The van der Waals surface area contributed by atoms with Crippen LogP contribution in [0, 0.1) is 5.92 Å². The van der Waals surface area contributed by atoms with Crippen LogP contribution in [0.25, 0.3) is 0 Å². The second-order valence-electron chi connectivity index (χ2n) is 8.30. The fourth-order valence-corrected chi connectivity index (χ4v) is 4.13. The number of ether oxygens (including phenoxy) is 2. The van der Waals surface area contributed by atoms with Crippen molar-refractivity contribution in [2.45, 2.75) is 31.6 Å². The van der Waals surface area contributed by atoms with E-state index in [2.05, 4.69) is 22.0 Å². The van der Waals surface area contributed by atoms with Crippen molar-refractivity contribution in [3.63, 3.8) is 0 Å². The van der Waals surface area contributed by atoms with Crippen LogP contribution in [0.15, 0.2) is 59.6 Å². The number of aliphatic imine (C=N–C) groups is 1. The monoisotopic (exact) mass is 447 g/mol. The second kappa shape index (κ2) is 9.81. The van der Waals surface area contributed by atoms with E-state index in [0.29, 0.717) is 24.0 Å². The highest BCUT2D eigenvalue weighted by atomic mass is 19.4. The Morgan fingerprint density at radius 3 is 2.47 bits per heavy atom. The van der Waals surface area contributed by atoms with Crippen molar-refractivity contribution in [3.05, 3.63) is 60.2 Å². The van der Waals surface area contributed by atoms with Gasteiger partial charge in [-0.25, -0.2) is 4.99 Å². The van der Waals surface area contributed by atoms with Crippen LogP contribution in [-0.2, 0) is 11.3 Å². The molecule has 0 amide bonds. The number of hydrogen-bond donors (Lipinski definition) is 0. The van der Waals surface area contributed by atoms with Gasteiger partial charge in [-0.05, 0) is 49.5 Å². The lowest BCUT2D eigenvalue weighted by Gasteiger charge is -2.32. The van der Waals surface area contributed by atoms with E-state index in [1.807, 2.05) is 18.2 Å². The van der Waals surface area contributed by atoms with Crippen LogP contribution in [0.5, 0.6) is 5.75 Å². The van der Waals surface area contributed by atoms with Crippen molar-refractivity contribution in [1.82, 2.24) is 4.90 Å². The zero-order chi connectivity index (χ0) is 22.6. The summed E-state index contributed by atoms with van der Waals surface area (Å²) in [5.41, 5.74) is 1.86. The van der Waals surface area contributed by atoms with Gasteiger partial charge in [-0.2, -0.15) is 13.2 Å². The Balaban J connectivity index is 1.36. The number of amidine groups is 1. The SMILES string of the molecule is COc1cccc(N2CC(C(F)(F)F)N=C2OCC2CCN(Cc3ccccc3)CC2)c1. The second-order valence-corrected chi connectivity index (χ2v) is 8.30. The molecule has 1 saturated heterocycles. The van der Waals surface area contributed by atoms with Crippen molar-refractivity contribution >= 4 is 11.7 Å². The number of alkyl halides is 3. The van der Waals surface area contributed by atoms with Crippen molar-refractivity contribution < 1.29 is 22.6 Å². The van der Waals surface area contributed by atoms with Gasteiger partial charge in [-0.15, -0.1) is 0 Å². The van der Waals surface area contributed by atoms with Crippen LogP contribution in [0.3, 0.4) is 0 Å². The topological polar surface area (TPSA) is 37.3 Å². The van der Waals surface area contributed by atoms with Crippen LogP contribution in [0.2, 0.25) is 0 Å². The maximum absolute atomic E-state index is 13.4. The summed E-state index contributed by atoms with van der Waals surface area (Å²) in [6, 6.07) is 15.5. The van der Waals surface area contributed by atoms with Gasteiger partial charge in [0.1, 0.15) is 5.75 Å². The third-order valence-corrected chi connectivity index (χ3v) is 6.00. The zero-order valence-electron chi connectivity index (χ0n) is 18.1. The van der Waals surface area contributed by atoms with Gasteiger partial charge in [0.2, 0.25) is 0 Å². The van der Waals surface area contributed by atoms with Crippen molar-refractivity contribution in [1.29, 1.82) is 0 Å². The number of likely N-dealkylation sites (tertiary alicyclic amines) is 1. The molecule has 1 fully saturated rings. The molecule has 0 aromatic heterocycles. The first-order chi connectivity index (χ1) is 15.4. The van der Waals surface area contributed by atoms with E-state index in [4.69, 9.17) is 9.47 Å². The number of nitrogens with zero attached hydrogens (tertiary/aromatic N) is 3. The molecule has 5 nitrogen and oxygen atoms in total. The van der Waals surface area contributed by atoms with E-state index in [1.165, 1.54) is 17.6 Å². The van der Waals surface area contributed by atoms with Gasteiger partial charge in [-0.3, -0.25) is 9.80 Å². The first-order valence-corrected chi connectivity index (χ1v) is 10.9. The van der Waals surface area contributed by atoms with Gasteiger partial charge in [-0.1, -0.05) is 36.4 Å². The third kappa shape index (κ3) is 5.54. The Morgan fingerprint density at radius 1 is 1.03 bits per heavy atom. The molecule has 0 aliphatic carbocycles. The lowest BCUT2D eigenvalue weighted by molar-refractivity contribution is -0.143. The smallest absolute Gasteiger partial charge is 0.412 e. The predicted octanol–water partition coefficient (Wildman–Crippen LogP) is 4.73. The van der Waals surface area contributed by atoms with Gasteiger partial charge in [0.15, 0.2) is 6.04 Å². The van der Waals surface area contributed by atoms with Crippen LogP contribution < -0.4 is 9.64 Å². The van der Waals surface area contributed by atoms with Crippen molar-refractivity contribution in [2.24, 2.45) is 10.9 Å². The van der Waals surface area contributed by atoms with E-state index in [1.54, 1.807) is 24.3 Å². The van der Waals surface area contributed by atoms with Crippen LogP contribution >= 0.6 is 0 Å². The summed E-state index contributed by atoms with van der Waals surface area (Å²) in [4.78, 5) is 7.77. The minimum Gasteiger partial charge on any atom is -0.497 e. The van der Waals surface area contributed by atoms with E-state index >= 15 is 0 Å². The fraction of sp³-hybridized carbons (Fsp3) is 0.458. The molecule has 32 heavy (non-hydrogen) atoms. The minimum absolute atomic E-state index is 0.0345. The third-order valence-electron chi connectivity index (χ3n) is 6.00. The fourth-order valence-electron chi connectivity index (χ4n) is 4.13. The summed E-state index contributed by atoms with van der Waals surface area (Å²) in [5, 5.41) is 0. The molecule has 8 heteroatoms. The molecule has 172 valence electrons. The molecule has 2 aromatic rings. The van der Waals surface area contributed by atoms with Crippen LogP contribution in [0.4, 0.5) is 18.9 Å². The highest BCUT2D eigenvalue weighted by molar-refractivity contribution is 5.94. The number of hydrogen-bond acceptors (Lipinski definition) is 5. The average Bonchev–Trinajstić information content (AvgIpc) is 3.24. The van der Waals surface area contributed by atoms with Crippen LogP contribution in [0.1, 0.15) is 18.4 Å². The largest absolute Gasteiger partial charge is 0.497 e. The molecule has 0 N–H and O–H groups in total. The molecule has 4 rings (SSSR count). The van der Waals surface area contributed by atoms with E-state index in [9.17, 15) is 13.2 Å².